The van der Waals surface area contributed by atoms with Crippen LogP contribution in [0.25, 0.3) is 0 Å². The lowest BCUT2D eigenvalue weighted by molar-refractivity contribution is -0.144. The van der Waals surface area contributed by atoms with E-state index >= 15 is 0 Å². The van der Waals surface area contributed by atoms with Gasteiger partial charge in [-0.15, -0.1) is 0 Å². The number of nitrogens with two attached hydrogens (primary N) is 1. The monoisotopic (exact) mass is 265 g/mol. The maximum absolute atomic E-state index is 11.4. The van der Waals surface area contributed by atoms with Crippen LogP contribution in [0.15, 0.2) is 30.3 Å². The quantitative estimate of drug-likeness (QED) is 0.521. The minimum Gasteiger partial charge on any atom is -0.490 e. The molecule has 0 spiro atoms. The van der Waals surface area contributed by atoms with E-state index in [1.165, 1.54) is 0 Å². The van der Waals surface area contributed by atoms with Gasteiger partial charge < -0.3 is 15.2 Å². The maximum atomic E-state index is 11.4. The minimum atomic E-state index is -0.149. The molecule has 0 atom stereocenters. The SMILES string of the molecule is NCCCCCCC(=O)OCCOc1ccccc1. The predicted molar refractivity (Wildman–Crippen MR) is 75.0 cm³/mol. The number of hydrogen-bond acceptors (Lipinski definition) is 4. The Hall–Kier alpha value is -1.55. The van der Waals surface area contributed by atoms with E-state index in [4.69, 9.17) is 15.2 Å². The summed E-state index contributed by atoms with van der Waals surface area (Å²) >= 11 is 0. The molecule has 0 aliphatic rings. The molecule has 0 aliphatic heterocycles. The van der Waals surface area contributed by atoms with Crippen molar-refractivity contribution < 1.29 is 14.3 Å². The largest absolute Gasteiger partial charge is 0.490 e. The molecule has 4 nitrogen and oxygen atoms in total. The first-order valence-corrected chi connectivity index (χ1v) is 6.86. The highest BCUT2D eigenvalue weighted by Crippen LogP contribution is 2.08. The molecule has 0 radical (unpaired) electrons. The fourth-order valence-electron chi connectivity index (χ4n) is 1.67. The average Bonchev–Trinajstić information content (AvgIpc) is 2.44. The molecule has 19 heavy (non-hydrogen) atoms. The summed E-state index contributed by atoms with van der Waals surface area (Å²) < 4.78 is 10.5. The van der Waals surface area contributed by atoms with Crippen molar-refractivity contribution in [2.45, 2.75) is 32.1 Å². The molecule has 2 N–H and O–H groups in total. The topological polar surface area (TPSA) is 61.6 Å². The second kappa shape index (κ2) is 10.4. The maximum Gasteiger partial charge on any atom is 0.305 e. The number of esters is 1. The Morgan fingerprint density at radius 2 is 1.74 bits per heavy atom. The molecule has 0 heterocycles. The summed E-state index contributed by atoms with van der Waals surface area (Å²) in [5, 5.41) is 0. The Bertz CT molecular complexity index is 341. The summed E-state index contributed by atoms with van der Waals surface area (Å²) in [6, 6.07) is 9.49. The van der Waals surface area contributed by atoms with Gasteiger partial charge in [0.05, 0.1) is 0 Å². The van der Waals surface area contributed by atoms with Crippen molar-refractivity contribution in [2.24, 2.45) is 5.73 Å². The lowest BCUT2D eigenvalue weighted by Gasteiger charge is -2.07. The fourth-order valence-corrected chi connectivity index (χ4v) is 1.67. The number of unbranched alkanes of at least 4 members (excludes halogenated alkanes) is 3. The highest BCUT2D eigenvalue weighted by molar-refractivity contribution is 5.69. The van der Waals surface area contributed by atoms with Gasteiger partial charge in [0, 0.05) is 6.42 Å². The Morgan fingerprint density at radius 3 is 2.47 bits per heavy atom. The van der Waals surface area contributed by atoms with E-state index in [0.29, 0.717) is 19.6 Å². The molecule has 4 heteroatoms. The van der Waals surface area contributed by atoms with Crippen LogP contribution in [-0.4, -0.2) is 25.7 Å². The van der Waals surface area contributed by atoms with E-state index in [-0.39, 0.29) is 5.97 Å². The summed E-state index contributed by atoms with van der Waals surface area (Å²) in [6.07, 6.45) is 4.50. The summed E-state index contributed by atoms with van der Waals surface area (Å²) in [7, 11) is 0. The number of carbonyl (C=O) groups excluding carboxylic acids is 1. The number of rotatable bonds is 10. The Kier molecular flexibility index (Phi) is 8.47. The van der Waals surface area contributed by atoms with E-state index in [1.807, 2.05) is 30.3 Å². The molecule has 1 aromatic carbocycles. The lowest BCUT2D eigenvalue weighted by Crippen LogP contribution is -2.12. The van der Waals surface area contributed by atoms with Gasteiger partial charge in [0.15, 0.2) is 0 Å². The van der Waals surface area contributed by atoms with Crippen LogP contribution >= 0.6 is 0 Å². The van der Waals surface area contributed by atoms with Crippen molar-refractivity contribution in [2.75, 3.05) is 19.8 Å². The van der Waals surface area contributed by atoms with Crippen LogP contribution < -0.4 is 10.5 Å². The fraction of sp³-hybridized carbons (Fsp3) is 0.533. The van der Waals surface area contributed by atoms with Gasteiger partial charge in [-0.1, -0.05) is 31.0 Å². The van der Waals surface area contributed by atoms with Crippen molar-refractivity contribution in [3.8, 4) is 5.75 Å². The van der Waals surface area contributed by atoms with Crippen LogP contribution in [0, 0.1) is 0 Å². The second-order valence-corrected chi connectivity index (χ2v) is 4.33. The van der Waals surface area contributed by atoms with Crippen LogP contribution in [0.2, 0.25) is 0 Å². The predicted octanol–water partition coefficient (Wildman–Crippen LogP) is 2.52. The molecule has 106 valence electrons. The van der Waals surface area contributed by atoms with Crippen molar-refractivity contribution in [1.82, 2.24) is 0 Å². The molecule has 0 bridgehead atoms. The molecular weight excluding hydrogens is 242 g/mol. The Balaban J connectivity index is 1.95. The Labute approximate surface area is 114 Å². The van der Waals surface area contributed by atoms with Crippen LogP contribution in [0.1, 0.15) is 32.1 Å². The zero-order valence-corrected chi connectivity index (χ0v) is 11.3. The summed E-state index contributed by atoms with van der Waals surface area (Å²) in [5.74, 6) is 0.643. The third-order valence-corrected chi connectivity index (χ3v) is 2.69. The number of para-hydroxylation sites is 1. The third kappa shape index (κ3) is 8.21. The highest BCUT2D eigenvalue weighted by atomic mass is 16.6. The zero-order chi connectivity index (χ0) is 13.8. The number of benzene rings is 1. The Morgan fingerprint density at radius 1 is 1.00 bits per heavy atom. The number of ether oxygens (including phenoxy) is 2. The molecule has 0 aromatic heterocycles. The first kappa shape index (κ1) is 15.5. The standard InChI is InChI=1S/C15H23NO3/c16-11-7-2-1-6-10-15(17)19-13-12-18-14-8-4-3-5-9-14/h3-5,8-9H,1-2,6-7,10-13,16H2. The smallest absolute Gasteiger partial charge is 0.305 e. The third-order valence-electron chi connectivity index (χ3n) is 2.69. The van der Waals surface area contributed by atoms with E-state index in [2.05, 4.69) is 0 Å². The number of hydrogen-bond donors (Lipinski definition) is 1. The first-order valence-electron chi connectivity index (χ1n) is 6.86. The van der Waals surface area contributed by atoms with Crippen LogP contribution in [-0.2, 0) is 9.53 Å². The van der Waals surface area contributed by atoms with Gasteiger partial charge in [0.1, 0.15) is 19.0 Å². The lowest BCUT2D eigenvalue weighted by atomic mass is 10.1. The summed E-state index contributed by atoms with van der Waals surface area (Å²) in [6.45, 7) is 1.42. The molecule has 0 unspecified atom stereocenters. The van der Waals surface area contributed by atoms with E-state index in [0.717, 1.165) is 38.0 Å². The van der Waals surface area contributed by atoms with Crippen molar-refractivity contribution in [3.63, 3.8) is 0 Å². The molecular formula is C15H23NO3. The van der Waals surface area contributed by atoms with Gasteiger partial charge in [0.2, 0.25) is 0 Å². The molecule has 0 aliphatic carbocycles. The minimum absolute atomic E-state index is 0.149. The molecule has 0 amide bonds. The second-order valence-electron chi connectivity index (χ2n) is 4.33. The van der Waals surface area contributed by atoms with Gasteiger partial charge in [-0.2, -0.15) is 0 Å². The average molecular weight is 265 g/mol. The van der Waals surface area contributed by atoms with Gasteiger partial charge in [-0.05, 0) is 31.5 Å². The van der Waals surface area contributed by atoms with Crippen molar-refractivity contribution in [1.29, 1.82) is 0 Å². The van der Waals surface area contributed by atoms with E-state index < -0.39 is 0 Å². The van der Waals surface area contributed by atoms with E-state index in [1.54, 1.807) is 0 Å². The van der Waals surface area contributed by atoms with Gasteiger partial charge in [0.25, 0.3) is 0 Å². The van der Waals surface area contributed by atoms with Gasteiger partial charge >= 0.3 is 5.97 Å². The molecule has 0 fully saturated rings. The normalized spacial score (nSPS) is 10.2. The van der Waals surface area contributed by atoms with Crippen LogP contribution in [0.4, 0.5) is 0 Å². The molecule has 1 aromatic rings. The molecule has 0 saturated carbocycles. The number of carbonyl (C=O) groups is 1. The van der Waals surface area contributed by atoms with Gasteiger partial charge in [-0.3, -0.25) is 4.79 Å². The van der Waals surface area contributed by atoms with Crippen LogP contribution in [0.3, 0.4) is 0 Å². The first-order chi connectivity index (χ1) is 9.33. The van der Waals surface area contributed by atoms with Crippen molar-refractivity contribution >= 4 is 5.97 Å². The summed E-state index contributed by atoms with van der Waals surface area (Å²) in [4.78, 5) is 11.4. The van der Waals surface area contributed by atoms with Crippen LogP contribution in [0.5, 0.6) is 5.75 Å². The molecule has 1 rings (SSSR count). The highest BCUT2D eigenvalue weighted by Gasteiger charge is 2.02. The van der Waals surface area contributed by atoms with Crippen molar-refractivity contribution in [3.05, 3.63) is 30.3 Å². The van der Waals surface area contributed by atoms with Gasteiger partial charge in [-0.25, -0.2) is 0 Å². The zero-order valence-electron chi connectivity index (χ0n) is 11.3. The molecule has 0 saturated heterocycles. The van der Waals surface area contributed by atoms with E-state index in [9.17, 15) is 4.79 Å². The summed E-state index contributed by atoms with van der Waals surface area (Å²) in [5.41, 5.74) is 5.39.